The van der Waals surface area contributed by atoms with Crippen LogP contribution in [-0.2, 0) is 11.3 Å². The molecule has 0 saturated heterocycles. The highest BCUT2D eigenvalue weighted by Crippen LogP contribution is 2.32. The Bertz CT molecular complexity index is 807. The summed E-state index contributed by atoms with van der Waals surface area (Å²) in [4.78, 5) is 25.2. The normalized spacial score (nSPS) is 14.3. The SMILES string of the molecule is CC[C@H](C)[C@H](NC(=O)c1ccccc1)C(=O)NCc1ccc2c(c1)OCO2. The number of rotatable bonds is 7. The summed E-state index contributed by atoms with van der Waals surface area (Å²) in [6.45, 7) is 4.52. The van der Waals surface area contributed by atoms with Crippen molar-refractivity contribution in [2.75, 3.05) is 6.79 Å². The van der Waals surface area contributed by atoms with E-state index in [0.717, 1.165) is 12.0 Å². The zero-order valence-corrected chi connectivity index (χ0v) is 15.5. The van der Waals surface area contributed by atoms with E-state index in [1.165, 1.54) is 0 Å². The van der Waals surface area contributed by atoms with Crippen molar-refractivity contribution in [3.63, 3.8) is 0 Å². The average molecular weight is 368 g/mol. The van der Waals surface area contributed by atoms with E-state index in [1.807, 2.05) is 38.1 Å². The number of hydrogen-bond donors (Lipinski definition) is 2. The Morgan fingerprint density at radius 1 is 1.07 bits per heavy atom. The van der Waals surface area contributed by atoms with Crippen molar-refractivity contribution in [3.8, 4) is 11.5 Å². The molecular formula is C21H24N2O4. The van der Waals surface area contributed by atoms with Crippen molar-refractivity contribution in [3.05, 3.63) is 59.7 Å². The Labute approximate surface area is 158 Å². The second-order valence-corrected chi connectivity index (χ2v) is 6.61. The third kappa shape index (κ3) is 4.58. The van der Waals surface area contributed by atoms with Crippen molar-refractivity contribution in [2.24, 2.45) is 5.92 Å². The van der Waals surface area contributed by atoms with Gasteiger partial charge in [0.15, 0.2) is 11.5 Å². The van der Waals surface area contributed by atoms with Crippen LogP contribution in [-0.4, -0.2) is 24.6 Å². The topological polar surface area (TPSA) is 76.7 Å². The van der Waals surface area contributed by atoms with Crippen LogP contribution in [0.4, 0.5) is 0 Å². The molecule has 1 aliphatic rings. The lowest BCUT2D eigenvalue weighted by atomic mass is 9.97. The molecule has 2 aromatic carbocycles. The van der Waals surface area contributed by atoms with E-state index in [-0.39, 0.29) is 24.5 Å². The van der Waals surface area contributed by atoms with Crippen LogP contribution in [0.1, 0.15) is 36.2 Å². The molecule has 6 heteroatoms. The zero-order chi connectivity index (χ0) is 19.2. The van der Waals surface area contributed by atoms with Crippen LogP contribution in [0.5, 0.6) is 11.5 Å². The second kappa shape index (κ2) is 8.58. The maximum Gasteiger partial charge on any atom is 0.251 e. The fourth-order valence-corrected chi connectivity index (χ4v) is 2.87. The van der Waals surface area contributed by atoms with E-state index in [9.17, 15) is 9.59 Å². The van der Waals surface area contributed by atoms with E-state index in [0.29, 0.717) is 23.6 Å². The molecule has 2 aromatic rings. The van der Waals surface area contributed by atoms with Crippen LogP contribution in [0.25, 0.3) is 0 Å². The quantitative estimate of drug-likeness (QED) is 0.788. The molecule has 1 aliphatic heterocycles. The van der Waals surface area contributed by atoms with Gasteiger partial charge in [0.2, 0.25) is 12.7 Å². The predicted molar refractivity (Wildman–Crippen MR) is 102 cm³/mol. The van der Waals surface area contributed by atoms with Gasteiger partial charge in [-0.15, -0.1) is 0 Å². The Morgan fingerprint density at radius 3 is 2.56 bits per heavy atom. The van der Waals surface area contributed by atoms with Gasteiger partial charge in [-0.05, 0) is 35.7 Å². The first-order chi connectivity index (χ1) is 13.1. The van der Waals surface area contributed by atoms with Crippen LogP contribution in [0.2, 0.25) is 0 Å². The number of carbonyl (C=O) groups excluding carboxylic acids is 2. The van der Waals surface area contributed by atoms with E-state index < -0.39 is 6.04 Å². The smallest absolute Gasteiger partial charge is 0.251 e. The minimum atomic E-state index is -0.600. The van der Waals surface area contributed by atoms with Crippen LogP contribution in [0.3, 0.4) is 0 Å². The standard InChI is InChI=1S/C21H24N2O4/c1-3-14(2)19(23-20(24)16-7-5-4-6-8-16)21(25)22-12-15-9-10-17-18(11-15)27-13-26-17/h4-11,14,19H,3,12-13H2,1-2H3,(H,22,25)(H,23,24)/t14-,19-/m0/s1. The molecule has 2 atom stereocenters. The molecule has 0 aromatic heterocycles. The van der Waals surface area contributed by atoms with E-state index in [4.69, 9.17) is 9.47 Å². The van der Waals surface area contributed by atoms with Gasteiger partial charge in [-0.3, -0.25) is 9.59 Å². The lowest BCUT2D eigenvalue weighted by Crippen LogP contribution is -2.50. The molecule has 3 rings (SSSR count). The summed E-state index contributed by atoms with van der Waals surface area (Å²) >= 11 is 0. The highest BCUT2D eigenvalue weighted by Gasteiger charge is 2.26. The molecule has 142 valence electrons. The molecule has 0 saturated carbocycles. The molecule has 1 heterocycles. The maximum absolute atomic E-state index is 12.7. The molecule has 27 heavy (non-hydrogen) atoms. The molecule has 0 bridgehead atoms. The lowest BCUT2D eigenvalue weighted by Gasteiger charge is -2.23. The number of amides is 2. The first-order valence-corrected chi connectivity index (χ1v) is 9.10. The van der Waals surface area contributed by atoms with Gasteiger partial charge < -0.3 is 20.1 Å². The molecule has 0 unspecified atom stereocenters. The largest absolute Gasteiger partial charge is 0.454 e. The van der Waals surface area contributed by atoms with Crippen molar-refractivity contribution in [1.82, 2.24) is 10.6 Å². The molecule has 2 N–H and O–H groups in total. The monoisotopic (exact) mass is 368 g/mol. The summed E-state index contributed by atoms with van der Waals surface area (Å²) in [5, 5.41) is 5.78. The molecular weight excluding hydrogens is 344 g/mol. The molecule has 6 nitrogen and oxygen atoms in total. The van der Waals surface area contributed by atoms with Gasteiger partial charge in [0.1, 0.15) is 6.04 Å². The van der Waals surface area contributed by atoms with Gasteiger partial charge in [0.25, 0.3) is 5.91 Å². The van der Waals surface area contributed by atoms with Gasteiger partial charge in [0.05, 0.1) is 0 Å². The van der Waals surface area contributed by atoms with Gasteiger partial charge in [-0.1, -0.05) is 44.5 Å². The Kier molecular flexibility index (Phi) is 5.96. The first kappa shape index (κ1) is 18.8. The third-order valence-corrected chi connectivity index (χ3v) is 4.72. The Morgan fingerprint density at radius 2 is 1.81 bits per heavy atom. The van der Waals surface area contributed by atoms with Crippen molar-refractivity contribution in [2.45, 2.75) is 32.9 Å². The minimum Gasteiger partial charge on any atom is -0.454 e. The van der Waals surface area contributed by atoms with E-state index in [2.05, 4.69) is 10.6 Å². The molecule has 0 aliphatic carbocycles. The second-order valence-electron chi connectivity index (χ2n) is 6.61. The van der Waals surface area contributed by atoms with Gasteiger partial charge in [-0.2, -0.15) is 0 Å². The lowest BCUT2D eigenvalue weighted by molar-refractivity contribution is -0.124. The van der Waals surface area contributed by atoms with Crippen LogP contribution >= 0.6 is 0 Å². The number of nitrogens with one attached hydrogen (secondary N) is 2. The summed E-state index contributed by atoms with van der Waals surface area (Å²) in [7, 11) is 0. The van der Waals surface area contributed by atoms with Gasteiger partial charge in [0, 0.05) is 12.1 Å². The third-order valence-electron chi connectivity index (χ3n) is 4.72. The summed E-state index contributed by atoms with van der Waals surface area (Å²) < 4.78 is 10.7. The molecule has 0 fully saturated rings. The van der Waals surface area contributed by atoms with Crippen molar-refractivity contribution >= 4 is 11.8 Å². The summed E-state index contributed by atoms with van der Waals surface area (Å²) in [6.07, 6.45) is 0.775. The van der Waals surface area contributed by atoms with E-state index >= 15 is 0 Å². The average Bonchev–Trinajstić information content (AvgIpc) is 3.18. The summed E-state index contributed by atoms with van der Waals surface area (Å²) in [5.41, 5.74) is 1.44. The number of carbonyl (C=O) groups is 2. The molecule has 2 amide bonds. The Balaban J connectivity index is 1.64. The fourth-order valence-electron chi connectivity index (χ4n) is 2.87. The zero-order valence-electron chi connectivity index (χ0n) is 15.5. The van der Waals surface area contributed by atoms with Crippen molar-refractivity contribution < 1.29 is 19.1 Å². The number of hydrogen-bond acceptors (Lipinski definition) is 4. The summed E-state index contributed by atoms with van der Waals surface area (Å²) in [5.74, 6) is 0.940. The fraction of sp³-hybridized carbons (Fsp3) is 0.333. The first-order valence-electron chi connectivity index (χ1n) is 9.10. The number of benzene rings is 2. The molecule has 0 spiro atoms. The van der Waals surface area contributed by atoms with Gasteiger partial charge >= 0.3 is 0 Å². The maximum atomic E-state index is 12.7. The number of fused-ring (bicyclic) bond motifs is 1. The van der Waals surface area contributed by atoms with Crippen LogP contribution in [0.15, 0.2) is 48.5 Å². The number of ether oxygens (including phenoxy) is 2. The highest BCUT2D eigenvalue weighted by atomic mass is 16.7. The van der Waals surface area contributed by atoms with Crippen LogP contribution in [0, 0.1) is 5.92 Å². The van der Waals surface area contributed by atoms with Crippen molar-refractivity contribution in [1.29, 1.82) is 0 Å². The predicted octanol–water partition coefficient (Wildman–Crippen LogP) is 2.88. The van der Waals surface area contributed by atoms with Crippen LogP contribution < -0.4 is 20.1 Å². The summed E-state index contributed by atoms with van der Waals surface area (Å²) in [6, 6.07) is 13.9. The molecule has 0 radical (unpaired) electrons. The Hall–Kier alpha value is -3.02. The minimum absolute atomic E-state index is 0.00872. The van der Waals surface area contributed by atoms with Gasteiger partial charge in [-0.25, -0.2) is 0 Å². The highest BCUT2D eigenvalue weighted by molar-refractivity contribution is 5.97. The van der Waals surface area contributed by atoms with E-state index in [1.54, 1.807) is 24.3 Å².